The smallest absolute Gasteiger partial charge is 0.115 e. The summed E-state index contributed by atoms with van der Waals surface area (Å²) in [7, 11) is 0. The SMILES string of the molecule is CC(N)C(Cl)c1cccc(O)c1.Cl. The molecule has 0 aliphatic heterocycles. The van der Waals surface area contributed by atoms with Crippen LogP contribution in [0, 0.1) is 0 Å². The summed E-state index contributed by atoms with van der Waals surface area (Å²) in [6, 6.07) is 6.71. The standard InChI is InChI=1S/C9H12ClNO.ClH/c1-6(11)9(10)7-3-2-4-8(12)5-7;/h2-6,9,12H,11H2,1H3;1H. The number of nitrogens with two attached hydrogens (primary N) is 1. The molecule has 1 aromatic rings. The van der Waals surface area contributed by atoms with Gasteiger partial charge in [-0.2, -0.15) is 0 Å². The summed E-state index contributed by atoms with van der Waals surface area (Å²) in [4.78, 5) is 0. The van der Waals surface area contributed by atoms with Crippen molar-refractivity contribution in [2.24, 2.45) is 5.73 Å². The predicted octanol–water partition coefficient (Wildman–Crippen LogP) is 2.44. The molecule has 3 N–H and O–H groups in total. The average molecular weight is 222 g/mol. The summed E-state index contributed by atoms with van der Waals surface area (Å²) >= 11 is 5.98. The Kier molecular flexibility index (Phi) is 5.14. The maximum Gasteiger partial charge on any atom is 0.115 e. The lowest BCUT2D eigenvalue weighted by molar-refractivity contribution is 0.474. The van der Waals surface area contributed by atoms with Crippen LogP contribution in [0.1, 0.15) is 17.9 Å². The fraction of sp³-hybridized carbons (Fsp3) is 0.333. The molecule has 1 aromatic carbocycles. The van der Waals surface area contributed by atoms with Crippen LogP contribution in [-0.4, -0.2) is 11.1 Å². The number of halogens is 2. The van der Waals surface area contributed by atoms with Crippen LogP contribution in [-0.2, 0) is 0 Å². The molecule has 1 rings (SSSR count). The van der Waals surface area contributed by atoms with Crippen LogP contribution < -0.4 is 5.73 Å². The molecule has 0 saturated carbocycles. The molecule has 0 spiro atoms. The van der Waals surface area contributed by atoms with E-state index in [1.807, 2.05) is 13.0 Å². The van der Waals surface area contributed by atoms with Gasteiger partial charge in [-0.15, -0.1) is 24.0 Å². The summed E-state index contributed by atoms with van der Waals surface area (Å²) in [5, 5.41) is 8.91. The Balaban J connectivity index is 0.00000144. The first-order valence-corrected chi connectivity index (χ1v) is 4.23. The zero-order valence-corrected chi connectivity index (χ0v) is 8.85. The van der Waals surface area contributed by atoms with Crippen LogP contribution in [0.5, 0.6) is 5.75 Å². The minimum absolute atomic E-state index is 0. The Morgan fingerprint density at radius 3 is 2.54 bits per heavy atom. The molecule has 0 saturated heterocycles. The van der Waals surface area contributed by atoms with Gasteiger partial charge in [0.1, 0.15) is 5.75 Å². The lowest BCUT2D eigenvalue weighted by atomic mass is 10.1. The summed E-state index contributed by atoms with van der Waals surface area (Å²) in [6.07, 6.45) is 0. The molecule has 0 bridgehead atoms. The lowest BCUT2D eigenvalue weighted by Crippen LogP contribution is -2.20. The number of phenolic OH excluding ortho intramolecular Hbond substituents is 1. The molecule has 0 heterocycles. The molecule has 2 unspecified atom stereocenters. The van der Waals surface area contributed by atoms with Gasteiger partial charge in [-0.1, -0.05) is 12.1 Å². The second-order valence-corrected chi connectivity index (χ2v) is 3.33. The van der Waals surface area contributed by atoms with Crippen LogP contribution in [0.15, 0.2) is 24.3 Å². The fourth-order valence-electron chi connectivity index (χ4n) is 1.000. The Labute approximate surface area is 89.1 Å². The first kappa shape index (κ1) is 12.6. The minimum Gasteiger partial charge on any atom is -0.508 e. The molecule has 4 heteroatoms. The Morgan fingerprint density at radius 2 is 2.08 bits per heavy atom. The number of hydrogen-bond acceptors (Lipinski definition) is 2. The molecular formula is C9H13Cl2NO. The van der Waals surface area contributed by atoms with Gasteiger partial charge < -0.3 is 10.8 Å². The quantitative estimate of drug-likeness (QED) is 0.755. The van der Waals surface area contributed by atoms with Crippen molar-refractivity contribution in [3.63, 3.8) is 0 Å². The number of alkyl halides is 1. The highest BCUT2D eigenvalue weighted by atomic mass is 35.5. The first-order chi connectivity index (χ1) is 5.61. The number of hydrogen-bond donors (Lipinski definition) is 2. The van der Waals surface area contributed by atoms with Crippen molar-refractivity contribution in [1.29, 1.82) is 0 Å². The highest BCUT2D eigenvalue weighted by Gasteiger charge is 2.12. The van der Waals surface area contributed by atoms with Crippen molar-refractivity contribution in [3.8, 4) is 5.75 Å². The third-order valence-electron chi connectivity index (χ3n) is 1.65. The van der Waals surface area contributed by atoms with E-state index >= 15 is 0 Å². The Bertz CT molecular complexity index is 266. The zero-order valence-electron chi connectivity index (χ0n) is 7.27. The van der Waals surface area contributed by atoms with Gasteiger partial charge in [-0.05, 0) is 24.6 Å². The normalized spacial score (nSPS) is 14.4. The summed E-state index contributed by atoms with van der Waals surface area (Å²) in [5.41, 5.74) is 6.46. The van der Waals surface area contributed by atoms with Crippen LogP contribution in [0.25, 0.3) is 0 Å². The maximum absolute atomic E-state index is 9.14. The lowest BCUT2D eigenvalue weighted by Gasteiger charge is -2.13. The Hall–Kier alpha value is -0.440. The van der Waals surface area contributed by atoms with Gasteiger partial charge in [0.25, 0.3) is 0 Å². The zero-order chi connectivity index (χ0) is 9.14. The van der Waals surface area contributed by atoms with E-state index in [0.717, 1.165) is 5.56 Å². The van der Waals surface area contributed by atoms with Crippen LogP contribution >= 0.6 is 24.0 Å². The summed E-state index contributed by atoms with van der Waals surface area (Å²) in [5.74, 6) is 0.221. The van der Waals surface area contributed by atoms with Crippen LogP contribution in [0.3, 0.4) is 0 Å². The molecule has 74 valence electrons. The van der Waals surface area contributed by atoms with Crippen molar-refractivity contribution in [1.82, 2.24) is 0 Å². The number of aromatic hydroxyl groups is 1. The maximum atomic E-state index is 9.14. The molecule has 2 nitrogen and oxygen atoms in total. The van der Waals surface area contributed by atoms with E-state index < -0.39 is 0 Å². The van der Waals surface area contributed by atoms with Gasteiger partial charge in [0.2, 0.25) is 0 Å². The van der Waals surface area contributed by atoms with E-state index in [1.54, 1.807) is 18.2 Å². The average Bonchev–Trinajstić information content (AvgIpc) is 2.03. The van der Waals surface area contributed by atoms with Gasteiger partial charge in [-0.25, -0.2) is 0 Å². The van der Waals surface area contributed by atoms with Gasteiger partial charge in [0, 0.05) is 6.04 Å². The molecule has 0 aromatic heterocycles. The molecule has 13 heavy (non-hydrogen) atoms. The molecule has 2 atom stereocenters. The predicted molar refractivity (Wildman–Crippen MR) is 57.6 cm³/mol. The van der Waals surface area contributed by atoms with Crippen molar-refractivity contribution in [2.45, 2.75) is 18.3 Å². The highest BCUT2D eigenvalue weighted by Crippen LogP contribution is 2.25. The van der Waals surface area contributed by atoms with Gasteiger partial charge in [0.05, 0.1) is 5.38 Å². The highest BCUT2D eigenvalue weighted by molar-refractivity contribution is 6.21. The fourth-order valence-corrected chi connectivity index (χ4v) is 1.14. The van der Waals surface area contributed by atoms with Gasteiger partial charge >= 0.3 is 0 Å². The molecule has 0 amide bonds. The molecular weight excluding hydrogens is 209 g/mol. The molecule has 0 aliphatic carbocycles. The van der Waals surface area contributed by atoms with E-state index in [-0.39, 0.29) is 29.6 Å². The minimum atomic E-state index is -0.239. The second kappa shape index (κ2) is 5.32. The molecule has 0 aliphatic rings. The first-order valence-electron chi connectivity index (χ1n) is 3.80. The third kappa shape index (κ3) is 3.43. The van der Waals surface area contributed by atoms with Crippen molar-refractivity contribution < 1.29 is 5.11 Å². The number of rotatable bonds is 2. The van der Waals surface area contributed by atoms with Crippen molar-refractivity contribution >= 4 is 24.0 Å². The largest absolute Gasteiger partial charge is 0.508 e. The topological polar surface area (TPSA) is 46.2 Å². The number of benzene rings is 1. The number of phenols is 1. The van der Waals surface area contributed by atoms with Gasteiger partial charge in [0.15, 0.2) is 0 Å². The van der Waals surface area contributed by atoms with E-state index in [9.17, 15) is 0 Å². The summed E-state index contributed by atoms with van der Waals surface area (Å²) in [6.45, 7) is 1.84. The Morgan fingerprint density at radius 1 is 1.46 bits per heavy atom. The van der Waals surface area contributed by atoms with Gasteiger partial charge in [-0.3, -0.25) is 0 Å². The monoisotopic (exact) mass is 221 g/mol. The van der Waals surface area contributed by atoms with Crippen LogP contribution in [0.2, 0.25) is 0 Å². The van der Waals surface area contributed by atoms with Crippen LogP contribution in [0.4, 0.5) is 0 Å². The third-order valence-corrected chi connectivity index (χ3v) is 2.30. The van der Waals surface area contributed by atoms with E-state index in [0.29, 0.717) is 0 Å². The summed E-state index contributed by atoms with van der Waals surface area (Å²) < 4.78 is 0. The van der Waals surface area contributed by atoms with E-state index in [1.165, 1.54) is 0 Å². The van der Waals surface area contributed by atoms with E-state index in [4.69, 9.17) is 22.4 Å². The van der Waals surface area contributed by atoms with Crippen molar-refractivity contribution in [3.05, 3.63) is 29.8 Å². The van der Waals surface area contributed by atoms with E-state index in [2.05, 4.69) is 0 Å². The van der Waals surface area contributed by atoms with Crippen molar-refractivity contribution in [2.75, 3.05) is 0 Å². The molecule has 0 radical (unpaired) electrons. The second-order valence-electron chi connectivity index (χ2n) is 2.86. The molecule has 0 fully saturated rings.